The Labute approximate surface area is 182 Å². The van der Waals surface area contributed by atoms with Gasteiger partial charge in [0.15, 0.2) is 0 Å². The molecule has 0 aliphatic rings. The Bertz CT molecular complexity index is 880. The fraction of sp³-hybridized carbons (Fsp3) is 0.500. The first-order chi connectivity index (χ1) is 14.7. The molecule has 0 aliphatic heterocycles. The molecule has 0 aliphatic carbocycles. The Morgan fingerprint density at radius 2 is 1.00 bits per heavy atom. The first kappa shape index (κ1) is 22.5. The van der Waals surface area contributed by atoms with E-state index in [1.165, 1.54) is 60.4 Å². The number of ether oxygens (including phenoxy) is 2. The molecule has 0 radical (unpaired) electrons. The summed E-state index contributed by atoms with van der Waals surface area (Å²) in [4.78, 5) is 0. The number of aryl methyl sites for hydroxylation is 2. The van der Waals surface area contributed by atoms with Crippen molar-refractivity contribution in [1.82, 2.24) is 0 Å². The van der Waals surface area contributed by atoms with Gasteiger partial charge < -0.3 is 9.47 Å². The van der Waals surface area contributed by atoms with Crippen molar-refractivity contribution in [3.05, 3.63) is 47.5 Å². The van der Waals surface area contributed by atoms with Crippen LogP contribution in [0.5, 0.6) is 11.5 Å². The first-order valence-corrected chi connectivity index (χ1v) is 11.9. The van der Waals surface area contributed by atoms with Gasteiger partial charge in [0.25, 0.3) is 0 Å². The average molecular weight is 407 g/mol. The topological polar surface area (TPSA) is 18.5 Å². The van der Waals surface area contributed by atoms with Crippen molar-refractivity contribution in [2.75, 3.05) is 13.2 Å². The lowest BCUT2D eigenvalue weighted by Gasteiger charge is -2.19. The van der Waals surface area contributed by atoms with Crippen molar-refractivity contribution in [2.45, 2.75) is 79.1 Å². The SMILES string of the molecule is CCCCCCOc1c2ccccc2c(OCCCCCC)c2cc(C)c(C)cc12. The van der Waals surface area contributed by atoms with Gasteiger partial charge in [-0.2, -0.15) is 0 Å². The quantitative estimate of drug-likeness (QED) is 0.222. The summed E-state index contributed by atoms with van der Waals surface area (Å²) in [5.74, 6) is 2.03. The number of hydrogen-bond donors (Lipinski definition) is 0. The summed E-state index contributed by atoms with van der Waals surface area (Å²) in [5, 5.41) is 4.67. The summed E-state index contributed by atoms with van der Waals surface area (Å²) in [5.41, 5.74) is 2.59. The van der Waals surface area contributed by atoms with Gasteiger partial charge in [0.05, 0.1) is 13.2 Å². The van der Waals surface area contributed by atoms with E-state index in [0.717, 1.165) is 48.3 Å². The highest BCUT2D eigenvalue weighted by Crippen LogP contribution is 2.43. The predicted molar refractivity (Wildman–Crippen MR) is 130 cm³/mol. The molecule has 30 heavy (non-hydrogen) atoms. The van der Waals surface area contributed by atoms with Gasteiger partial charge >= 0.3 is 0 Å². The molecule has 0 amide bonds. The van der Waals surface area contributed by atoms with Gasteiger partial charge in [-0.05, 0) is 49.9 Å². The maximum absolute atomic E-state index is 6.43. The molecule has 3 aromatic carbocycles. The fourth-order valence-corrected chi connectivity index (χ4v) is 4.08. The first-order valence-electron chi connectivity index (χ1n) is 11.9. The zero-order valence-electron chi connectivity index (χ0n) is 19.4. The van der Waals surface area contributed by atoms with Crippen molar-refractivity contribution in [1.29, 1.82) is 0 Å². The zero-order chi connectivity index (χ0) is 21.3. The third-order valence-electron chi connectivity index (χ3n) is 6.03. The minimum atomic E-state index is 0.767. The van der Waals surface area contributed by atoms with Gasteiger partial charge in [0, 0.05) is 21.5 Å². The second-order valence-electron chi connectivity index (χ2n) is 8.50. The highest BCUT2D eigenvalue weighted by Gasteiger charge is 2.17. The molecule has 0 heterocycles. The van der Waals surface area contributed by atoms with Crippen LogP contribution in [0.4, 0.5) is 0 Å². The fourth-order valence-electron chi connectivity index (χ4n) is 4.08. The molecule has 0 fully saturated rings. The lowest BCUT2D eigenvalue weighted by molar-refractivity contribution is 0.307. The van der Waals surface area contributed by atoms with Crippen LogP contribution in [0.3, 0.4) is 0 Å². The highest BCUT2D eigenvalue weighted by atomic mass is 16.5. The van der Waals surface area contributed by atoms with E-state index in [2.05, 4.69) is 64.1 Å². The zero-order valence-corrected chi connectivity index (χ0v) is 19.4. The molecule has 0 spiro atoms. The van der Waals surface area contributed by atoms with Gasteiger partial charge in [-0.3, -0.25) is 0 Å². The number of hydrogen-bond acceptors (Lipinski definition) is 2. The van der Waals surface area contributed by atoms with Crippen LogP contribution in [0.15, 0.2) is 36.4 Å². The number of fused-ring (bicyclic) bond motifs is 2. The van der Waals surface area contributed by atoms with Gasteiger partial charge in [0.2, 0.25) is 0 Å². The van der Waals surface area contributed by atoms with Crippen LogP contribution in [-0.2, 0) is 0 Å². The summed E-state index contributed by atoms with van der Waals surface area (Å²) < 4.78 is 12.9. The van der Waals surface area contributed by atoms with Crippen LogP contribution in [0.25, 0.3) is 21.5 Å². The molecule has 2 nitrogen and oxygen atoms in total. The van der Waals surface area contributed by atoms with Crippen LogP contribution in [0.1, 0.15) is 76.3 Å². The van der Waals surface area contributed by atoms with E-state index in [-0.39, 0.29) is 0 Å². The van der Waals surface area contributed by atoms with Crippen molar-refractivity contribution in [3.8, 4) is 11.5 Å². The maximum Gasteiger partial charge on any atom is 0.135 e. The van der Waals surface area contributed by atoms with Gasteiger partial charge in [-0.25, -0.2) is 0 Å². The average Bonchev–Trinajstić information content (AvgIpc) is 2.75. The molecule has 3 rings (SSSR count). The van der Waals surface area contributed by atoms with Crippen LogP contribution < -0.4 is 9.47 Å². The number of unbranched alkanes of at least 4 members (excludes halogenated alkanes) is 6. The third kappa shape index (κ3) is 5.28. The van der Waals surface area contributed by atoms with E-state index < -0.39 is 0 Å². The summed E-state index contributed by atoms with van der Waals surface area (Å²) in [6.07, 6.45) is 9.69. The molecule has 0 N–H and O–H groups in total. The molecule has 0 aromatic heterocycles. The molecule has 162 valence electrons. The lowest BCUT2D eigenvalue weighted by atomic mass is 9.96. The molecule has 0 bridgehead atoms. The minimum Gasteiger partial charge on any atom is -0.492 e. The van der Waals surface area contributed by atoms with E-state index in [1.54, 1.807) is 0 Å². The smallest absolute Gasteiger partial charge is 0.135 e. The summed E-state index contributed by atoms with van der Waals surface area (Å²) in [6, 6.07) is 13.1. The van der Waals surface area contributed by atoms with E-state index in [9.17, 15) is 0 Å². The maximum atomic E-state index is 6.43. The van der Waals surface area contributed by atoms with Gasteiger partial charge in [-0.15, -0.1) is 0 Å². The Balaban J connectivity index is 2.02. The molecular formula is C28H38O2. The standard InChI is InChI=1S/C28H38O2/c1-5-7-9-13-17-29-27-23-15-11-12-16-24(23)28(30-18-14-10-8-6-2)26-20-22(4)21(3)19-25(26)27/h11-12,15-16,19-20H,5-10,13-14,17-18H2,1-4H3. The molecule has 3 aromatic rings. The van der Waals surface area contributed by atoms with E-state index in [4.69, 9.17) is 9.47 Å². The Kier molecular flexibility index (Phi) is 8.42. The van der Waals surface area contributed by atoms with Gasteiger partial charge in [-0.1, -0.05) is 76.6 Å². The van der Waals surface area contributed by atoms with Crippen molar-refractivity contribution in [2.24, 2.45) is 0 Å². The van der Waals surface area contributed by atoms with Gasteiger partial charge in [0.1, 0.15) is 11.5 Å². The monoisotopic (exact) mass is 406 g/mol. The van der Waals surface area contributed by atoms with Crippen molar-refractivity contribution < 1.29 is 9.47 Å². The van der Waals surface area contributed by atoms with Crippen LogP contribution in [-0.4, -0.2) is 13.2 Å². The van der Waals surface area contributed by atoms with E-state index in [1.807, 2.05) is 0 Å². The van der Waals surface area contributed by atoms with Crippen LogP contribution in [0, 0.1) is 13.8 Å². The second kappa shape index (κ2) is 11.2. The third-order valence-corrected chi connectivity index (χ3v) is 6.03. The molecule has 0 atom stereocenters. The Hall–Kier alpha value is -2.22. The Morgan fingerprint density at radius 1 is 0.567 bits per heavy atom. The molecule has 0 saturated carbocycles. The van der Waals surface area contributed by atoms with E-state index in [0.29, 0.717) is 0 Å². The lowest BCUT2D eigenvalue weighted by Crippen LogP contribution is -2.03. The minimum absolute atomic E-state index is 0.767. The van der Waals surface area contributed by atoms with E-state index >= 15 is 0 Å². The number of rotatable bonds is 12. The Morgan fingerprint density at radius 3 is 1.40 bits per heavy atom. The van der Waals surface area contributed by atoms with Crippen molar-refractivity contribution in [3.63, 3.8) is 0 Å². The summed E-state index contributed by atoms with van der Waals surface area (Å²) in [6.45, 7) is 10.4. The summed E-state index contributed by atoms with van der Waals surface area (Å²) >= 11 is 0. The normalized spacial score (nSPS) is 11.3. The van der Waals surface area contributed by atoms with Crippen molar-refractivity contribution >= 4 is 21.5 Å². The number of benzene rings is 3. The highest BCUT2D eigenvalue weighted by molar-refractivity contribution is 6.11. The molecular weight excluding hydrogens is 368 g/mol. The largest absolute Gasteiger partial charge is 0.492 e. The molecule has 0 unspecified atom stereocenters. The molecule has 0 saturated heterocycles. The molecule has 2 heteroatoms. The second-order valence-corrected chi connectivity index (χ2v) is 8.50. The predicted octanol–water partition coefficient (Wildman–Crippen LogP) is 8.53. The summed E-state index contributed by atoms with van der Waals surface area (Å²) in [7, 11) is 0. The van der Waals surface area contributed by atoms with Crippen LogP contribution in [0.2, 0.25) is 0 Å². The van der Waals surface area contributed by atoms with Crippen LogP contribution >= 0.6 is 0 Å².